The zero-order chi connectivity index (χ0) is 11.8. The maximum absolute atomic E-state index is 5.17. The number of nitrogens with zero attached hydrogens (tertiary/aromatic N) is 2. The lowest BCUT2D eigenvalue weighted by Gasteiger charge is -1.99. The van der Waals surface area contributed by atoms with E-state index < -0.39 is 0 Å². The summed E-state index contributed by atoms with van der Waals surface area (Å²) >= 11 is 0. The third-order valence-electron chi connectivity index (χ3n) is 2.27. The number of oxime groups is 1. The van der Waals surface area contributed by atoms with Gasteiger partial charge in [-0.15, -0.1) is 0 Å². The lowest BCUT2D eigenvalue weighted by Crippen LogP contribution is -1.94. The minimum absolute atomic E-state index is 0.577. The Kier molecular flexibility index (Phi) is 4.28. The SMILES string of the molecule is C(=N\OCCc1ccccc1)/c1ccccn1. The van der Waals surface area contributed by atoms with Crippen molar-refractivity contribution in [2.45, 2.75) is 6.42 Å². The Hall–Kier alpha value is -2.16. The van der Waals surface area contributed by atoms with Crippen molar-refractivity contribution in [1.29, 1.82) is 0 Å². The van der Waals surface area contributed by atoms with E-state index in [1.807, 2.05) is 36.4 Å². The zero-order valence-corrected chi connectivity index (χ0v) is 9.49. The van der Waals surface area contributed by atoms with Crippen LogP contribution in [-0.2, 0) is 11.3 Å². The van der Waals surface area contributed by atoms with E-state index in [1.54, 1.807) is 12.4 Å². The first kappa shape index (κ1) is 11.3. The second kappa shape index (κ2) is 6.43. The van der Waals surface area contributed by atoms with Gasteiger partial charge in [0.2, 0.25) is 0 Å². The number of hydrogen-bond donors (Lipinski definition) is 0. The van der Waals surface area contributed by atoms with Gasteiger partial charge in [-0.25, -0.2) is 0 Å². The summed E-state index contributed by atoms with van der Waals surface area (Å²) < 4.78 is 0. The van der Waals surface area contributed by atoms with Gasteiger partial charge < -0.3 is 4.84 Å². The Bertz CT molecular complexity index is 454. The molecule has 2 rings (SSSR count). The van der Waals surface area contributed by atoms with Crippen LogP contribution in [0.15, 0.2) is 59.9 Å². The lowest BCUT2D eigenvalue weighted by molar-refractivity contribution is 0.149. The molecule has 1 aromatic carbocycles. The average Bonchev–Trinajstić information content (AvgIpc) is 2.41. The van der Waals surface area contributed by atoms with E-state index >= 15 is 0 Å². The van der Waals surface area contributed by atoms with E-state index in [2.05, 4.69) is 22.3 Å². The fourth-order valence-corrected chi connectivity index (χ4v) is 1.40. The molecule has 0 aliphatic heterocycles. The molecule has 0 N–H and O–H groups in total. The van der Waals surface area contributed by atoms with Crippen LogP contribution in [0.5, 0.6) is 0 Å². The Morgan fingerprint density at radius 1 is 1.06 bits per heavy atom. The van der Waals surface area contributed by atoms with Gasteiger partial charge in [-0.1, -0.05) is 41.6 Å². The van der Waals surface area contributed by atoms with Crippen molar-refractivity contribution < 1.29 is 4.84 Å². The second-order valence-corrected chi connectivity index (χ2v) is 3.56. The van der Waals surface area contributed by atoms with Crippen LogP contribution < -0.4 is 0 Å². The van der Waals surface area contributed by atoms with Crippen LogP contribution in [0.4, 0.5) is 0 Å². The average molecular weight is 226 g/mol. The third kappa shape index (κ3) is 4.07. The molecule has 0 aliphatic rings. The molecular formula is C14H14N2O. The summed E-state index contributed by atoms with van der Waals surface area (Å²) in [6, 6.07) is 15.9. The van der Waals surface area contributed by atoms with Crippen LogP contribution in [0.25, 0.3) is 0 Å². The molecule has 0 aliphatic carbocycles. The summed E-state index contributed by atoms with van der Waals surface area (Å²) in [5.74, 6) is 0. The Balaban J connectivity index is 1.72. The van der Waals surface area contributed by atoms with Crippen LogP contribution in [0.3, 0.4) is 0 Å². The van der Waals surface area contributed by atoms with Crippen LogP contribution in [0.1, 0.15) is 11.3 Å². The number of hydrogen-bond acceptors (Lipinski definition) is 3. The molecule has 0 fully saturated rings. The molecule has 86 valence electrons. The van der Waals surface area contributed by atoms with E-state index in [1.165, 1.54) is 5.56 Å². The van der Waals surface area contributed by atoms with E-state index in [0.29, 0.717) is 6.61 Å². The molecule has 0 amide bonds. The van der Waals surface area contributed by atoms with Gasteiger partial charge >= 0.3 is 0 Å². The van der Waals surface area contributed by atoms with Gasteiger partial charge in [0, 0.05) is 12.6 Å². The molecule has 0 saturated heterocycles. The highest BCUT2D eigenvalue weighted by molar-refractivity contribution is 5.76. The van der Waals surface area contributed by atoms with Gasteiger partial charge in [0.1, 0.15) is 6.61 Å². The molecule has 0 spiro atoms. The van der Waals surface area contributed by atoms with Gasteiger partial charge in [-0.2, -0.15) is 0 Å². The summed E-state index contributed by atoms with van der Waals surface area (Å²) in [4.78, 5) is 9.28. The topological polar surface area (TPSA) is 34.5 Å². The zero-order valence-electron chi connectivity index (χ0n) is 9.49. The van der Waals surface area contributed by atoms with Crippen molar-refractivity contribution >= 4 is 6.21 Å². The van der Waals surface area contributed by atoms with E-state index in [9.17, 15) is 0 Å². The van der Waals surface area contributed by atoms with Gasteiger partial charge in [-0.3, -0.25) is 4.98 Å². The largest absolute Gasteiger partial charge is 0.395 e. The maximum Gasteiger partial charge on any atom is 0.121 e. The van der Waals surface area contributed by atoms with Crippen molar-refractivity contribution in [3.63, 3.8) is 0 Å². The van der Waals surface area contributed by atoms with E-state index in [0.717, 1.165) is 12.1 Å². The maximum atomic E-state index is 5.17. The van der Waals surface area contributed by atoms with Gasteiger partial charge in [0.15, 0.2) is 0 Å². The summed E-state index contributed by atoms with van der Waals surface area (Å²) in [5, 5.41) is 3.87. The van der Waals surface area contributed by atoms with Gasteiger partial charge in [0.25, 0.3) is 0 Å². The normalized spacial score (nSPS) is 10.6. The van der Waals surface area contributed by atoms with Crippen molar-refractivity contribution in [1.82, 2.24) is 4.98 Å². The first-order valence-electron chi connectivity index (χ1n) is 5.55. The van der Waals surface area contributed by atoms with Crippen LogP contribution in [-0.4, -0.2) is 17.8 Å². The smallest absolute Gasteiger partial charge is 0.121 e. The second-order valence-electron chi connectivity index (χ2n) is 3.56. The molecule has 3 heteroatoms. The molecule has 17 heavy (non-hydrogen) atoms. The Morgan fingerprint density at radius 3 is 2.65 bits per heavy atom. The first-order valence-corrected chi connectivity index (χ1v) is 5.55. The third-order valence-corrected chi connectivity index (χ3v) is 2.27. The quantitative estimate of drug-likeness (QED) is 0.446. The number of pyridine rings is 1. The highest BCUT2D eigenvalue weighted by atomic mass is 16.6. The van der Waals surface area contributed by atoms with Crippen LogP contribution >= 0.6 is 0 Å². The molecule has 0 unspecified atom stereocenters. The summed E-state index contributed by atoms with van der Waals surface area (Å²) in [6.45, 7) is 0.577. The number of benzene rings is 1. The number of rotatable bonds is 5. The molecule has 0 bridgehead atoms. The highest BCUT2D eigenvalue weighted by Crippen LogP contribution is 1.99. The molecule has 3 nitrogen and oxygen atoms in total. The fraction of sp³-hybridized carbons (Fsp3) is 0.143. The monoisotopic (exact) mass is 226 g/mol. The molecule has 0 radical (unpaired) electrons. The molecule has 1 aromatic heterocycles. The highest BCUT2D eigenvalue weighted by Gasteiger charge is 1.91. The Morgan fingerprint density at radius 2 is 1.88 bits per heavy atom. The first-order chi connectivity index (χ1) is 8.45. The summed E-state index contributed by atoms with van der Waals surface area (Å²) in [6.07, 6.45) is 4.21. The van der Waals surface area contributed by atoms with Gasteiger partial charge in [0.05, 0.1) is 11.9 Å². The minimum Gasteiger partial charge on any atom is -0.395 e. The molecule has 0 saturated carbocycles. The van der Waals surface area contributed by atoms with Crippen molar-refractivity contribution in [3.8, 4) is 0 Å². The van der Waals surface area contributed by atoms with E-state index in [-0.39, 0.29) is 0 Å². The van der Waals surface area contributed by atoms with Crippen molar-refractivity contribution in [2.24, 2.45) is 5.16 Å². The molecular weight excluding hydrogens is 212 g/mol. The molecule has 1 heterocycles. The molecule has 2 aromatic rings. The van der Waals surface area contributed by atoms with E-state index in [4.69, 9.17) is 4.84 Å². The van der Waals surface area contributed by atoms with Gasteiger partial charge in [-0.05, 0) is 17.7 Å². The van der Waals surface area contributed by atoms with Crippen molar-refractivity contribution in [3.05, 3.63) is 66.0 Å². The predicted octanol–water partition coefficient (Wildman–Crippen LogP) is 2.67. The van der Waals surface area contributed by atoms with Crippen LogP contribution in [0.2, 0.25) is 0 Å². The minimum atomic E-state index is 0.577. The summed E-state index contributed by atoms with van der Waals surface area (Å²) in [7, 11) is 0. The predicted molar refractivity (Wildman–Crippen MR) is 67.9 cm³/mol. The fourth-order valence-electron chi connectivity index (χ4n) is 1.40. The van der Waals surface area contributed by atoms with Crippen LogP contribution in [0, 0.1) is 0 Å². The molecule has 0 atom stereocenters. The summed E-state index contributed by atoms with van der Waals surface area (Å²) in [5.41, 5.74) is 2.05. The Labute approximate surface area is 101 Å². The lowest BCUT2D eigenvalue weighted by atomic mass is 10.2. The number of aromatic nitrogens is 1. The van der Waals surface area contributed by atoms with Crippen molar-refractivity contribution in [2.75, 3.05) is 6.61 Å². The standard InChI is InChI=1S/C14H14N2O/c1-2-6-13(7-3-1)9-11-17-16-12-14-8-4-5-10-15-14/h1-8,10,12H,9,11H2/b16-12+.